The number of benzene rings is 1. The van der Waals surface area contributed by atoms with Crippen molar-refractivity contribution in [2.45, 2.75) is 19.8 Å². The molecule has 0 atom stereocenters. The Labute approximate surface area is 90.9 Å². The molecule has 0 aliphatic heterocycles. The number of unbranched alkanes of at least 4 members (excludes halogenated alkanes) is 1. The lowest BCUT2D eigenvalue weighted by atomic mass is 10.2. The number of hydrogen-bond donors (Lipinski definition) is 0. The topological polar surface area (TPSA) is 9.23 Å². The number of hydrogen-bond acceptors (Lipinski definition) is 2. The van der Waals surface area contributed by atoms with Gasteiger partial charge in [0.25, 0.3) is 0 Å². The number of ether oxygens (including phenoxy) is 1. The molecule has 1 aromatic carbocycles. The maximum atomic E-state index is 5.60. The van der Waals surface area contributed by atoms with Gasteiger partial charge in [0.1, 0.15) is 5.75 Å². The molecule has 0 spiro atoms. The molecule has 0 heterocycles. The fourth-order valence-corrected chi connectivity index (χ4v) is 1.67. The first kappa shape index (κ1) is 11.4. The highest BCUT2D eigenvalue weighted by molar-refractivity contribution is 7.98. The molecule has 1 rings (SSSR count). The van der Waals surface area contributed by atoms with Crippen molar-refractivity contribution in [1.29, 1.82) is 0 Å². The summed E-state index contributed by atoms with van der Waals surface area (Å²) in [7, 11) is 0. The van der Waals surface area contributed by atoms with Gasteiger partial charge >= 0.3 is 0 Å². The van der Waals surface area contributed by atoms with E-state index in [0.29, 0.717) is 0 Å². The molecule has 14 heavy (non-hydrogen) atoms. The van der Waals surface area contributed by atoms with Crippen molar-refractivity contribution in [2.75, 3.05) is 18.6 Å². The van der Waals surface area contributed by atoms with Crippen molar-refractivity contribution in [1.82, 2.24) is 0 Å². The molecule has 0 aliphatic rings. The number of rotatable bonds is 6. The predicted octanol–water partition coefficient (Wildman–Crippen LogP) is 3.52. The van der Waals surface area contributed by atoms with Gasteiger partial charge in [-0.05, 0) is 43.9 Å². The molecule has 0 unspecified atom stereocenters. The van der Waals surface area contributed by atoms with E-state index in [1.54, 1.807) is 0 Å². The molecule has 1 aromatic rings. The van der Waals surface area contributed by atoms with E-state index in [9.17, 15) is 0 Å². The summed E-state index contributed by atoms with van der Waals surface area (Å²) in [6, 6.07) is 8.22. The lowest BCUT2D eigenvalue weighted by molar-refractivity contribution is 0.310. The van der Waals surface area contributed by atoms with Crippen molar-refractivity contribution in [3.8, 4) is 5.75 Å². The molecule has 0 saturated carbocycles. The van der Waals surface area contributed by atoms with Crippen molar-refractivity contribution < 1.29 is 4.74 Å². The molecule has 2 heteroatoms. The van der Waals surface area contributed by atoms with Crippen LogP contribution in [0, 0.1) is 6.92 Å². The number of thioether (sulfide) groups is 1. The predicted molar refractivity (Wildman–Crippen MR) is 64.3 cm³/mol. The Kier molecular flexibility index (Phi) is 5.53. The van der Waals surface area contributed by atoms with Crippen LogP contribution in [0.4, 0.5) is 0 Å². The molecule has 0 fully saturated rings. The SMILES string of the molecule is CSCCCCOc1ccc(C)cc1. The van der Waals surface area contributed by atoms with Crippen LogP contribution in [0.15, 0.2) is 24.3 Å². The smallest absolute Gasteiger partial charge is 0.119 e. The summed E-state index contributed by atoms with van der Waals surface area (Å²) in [6.07, 6.45) is 4.53. The molecule has 0 radical (unpaired) electrons. The van der Waals surface area contributed by atoms with E-state index in [1.807, 2.05) is 23.9 Å². The summed E-state index contributed by atoms with van der Waals surface area (Å²) in [5, 5.41) is 0. The second kappa shape index (κ2) is 6.77. The highest BCUT2D eigenvalue weighted by atomic mass is 32.2. The number of aryl methyl sites for hydroxylation is 1. The van der Waals surface area contributed by atoms with Crippen molar-refractivity contribution >= 4 is 11.8 Å². The van der Waals surface area contributed by atoms with Crippen LogP contribution in [0.25, 0.3) is 0 Å². The third-order valence-electron chi connectivity index (χ3n) is 2.03. The quantitative estimate of drug-likeness (QED) is 0.664. The van der Waals surface area contributed by atoms with Crippen molar-refractivity contribution in [2.24, 2.45) is 0 Å². The molecule has 78 valence electrons. The summed E-state index contributed by atoms with van der Waals surface area (Å²) in [4.78, 5) is 0. The van der Waals surface area contributed by atoms with Crippen LogP contribution >= 0.6 is 11.8 Å². The molecule has 0 bridgehead atoms. The van der Waals surface area contributed by atoms with Crippen molar-refractivity contribution in [3.05, 3.63) is 29.8 Å². The Morgan fingerprint density at radius 2 is 1.86 bits per heavy atom. The zero-order valence-electron chi connectivity index (χ0n) is 8.95. The van der Waals surface area contributed by atoms with Gasteiger partial charge in [0, 0.05) is 0 Å². The van der Waals surface area contributed by atoms with Gasteiger partial charge in [-0.1, -0.05) is 17.7 Å². The van der Waals surface area contributed by atoms with E-state index in [2.05, 4.69) is 25.3 Å². The van der Waals surface area contributed by atoms with Gasteiger partial charge in [0.15, 0.2) is 0 Å². The van der Waals surface area contributed by atoms with Gasteiger partial charge in [0.05, 0.1) is 6.61 Å². The van der Waals surface area contributed by atoms with Crippen LogP contribution in [0.3, 0.4) is 0 Å². The van der Waals surface area contributed by atoms with Crippen LogP contribution in [0.2, 0.25) is 0 Å². The molecule has 0 aromatic heterocycles. The highest BCUT2D eigenvalue weighted by Crippen LogP contribution is 2.12. The largest absolute Gasteiger partial charge is 0.494 e. The zero-order chi connectivity index (χ0) is 10.2. The third-order valence-corrected chi connectivity index (χ3v) is 2.73. The van der Waals surface area contributed by atoms with E-state index in [-0.39, 0.29) is 0 Å². The second-order valence-electron chi connectivity index (χ2n) is 3.36. The van der Waals surface area contributed by atoms with E-state index >= 15 is 0 Å². The summed E-state index contributed by atoms with van der Waals surface area (Å²) in [6.45, 7) is 2.92. The van der Waals surface area contributed by atoms with Crippen LogP contribution in [-0.2, 0) is 0 Å². The average molecular weight is 210 g/mol. The Bertz CT molecular complexity index is 243. The van der Waals surface area contributed by atoms with Gasteiger partial charge in [0.2, 0.25) is 0 Å². The minimum atomic E-state index is 0.837. The van der Waals surface area contributed by atoms with Crippen molar-refractivity contribution in [3.63, 3.8) is 0 Å². The second-order valence-corrected chi connectivity index (χ2v) is 4.35. The standard InChI is InChI=1S/C12H18OS/c1-11-5-7-12(8-6-11)13-9-3-4-10-14-2/h5-8H,3-4,9-10H2,1-2H3. The van der Waals surface area contributed by atoms with Gasteiger partial charge in [-0.25, -0.2) is 0 Å². The Balaban J connectivity index is 2.15. The van der Waals surface area contributed by atoms with E-state index in [1.165, 1.54) is 17.7 Å². The van der Waals surface area contributed by atoms with E-state index in [4.69, 9.17) is 4.74 Å². The molecular formula is C12H18OS. The molecule has 0 amide bonds. The van der Waals surface area contributed by atoms with Crippen LogP contribution in [-0.4, -0.2) is 18.6 Å². The Hall–Kier alpha value is -0.630. The monoisotopic (exact) mass is 210 g/mol. The first-order chi connectivity index (χ1) is 6.83. The minimum Gasteiger partial charge on any atom is -0.494 e. The summed E-state index contributed by atoms with van der Waals surface area (Å²) in [5.74, 6) is 2.22. The van der Waals surface area contributed by atoms with Gasteiger partial charge < -0.3 is 4.74 Å². The lowest BCUT2D eigenvalue weighted by Gasteiger charge is -2.05. The van der Waals surface area contributed by atoms with Crippen LogP contribution in [0.5, 0.6) is 5.75 Å². The summed E-state index contributed by atoms with van der Waals surface area (Å²) >= 11 is 1.89. The summed E-state index contributed by atoms with van der Waals surface area (Å²) in [5.41, 5.74) is 1.28. The van der Waals surface area contributed by atoms with E-state index in [0.717, 1.165) is 18.8 Å². The third kappa shape index (κ3) is 4.56. The van der Waals surface area contributed by atoms with Crippen LogP contribution in [0.1, 0.15) is 18.4 Å². The first-order valence-corrected chi connectivity index (χ1v) is 6.40. The Morgan fingerprint density at radius 3 is 2.50 bits per heavy atom. The van der Waals surface area contributed by atoms with Gasteiger partial charge in [-0.2, -0.15) is 11.8 Å². The molecular weight excluding hydrogens is 192 g/mol. The Morgan fingerprint density at radius 1 is 1.14 bits per heavy atom. The minimum absolute atomic E-state index is 0.837. The van der Waals surface area contributed by atoms with Gasteiger partial charge in [-0.15, -0.1) is 0 Å². The first-order valence-electron chi connectivity index (χ1n) is 5.01. The van der Waals surface area contributed by atoms with Gasteiger partial charge in [-0.3, -0.25) is 0 Å². The fourth-order valence-electron chi connectivity index (χ4n) is 1.17. The maximum Gasteiger partial charge on any atom is 0.119 e. The lowest BCUT2D eigenvalue weighted by Crippen LogP contribution is -1.97. The molecule has 1 nitrogen and oxygen atoms in total. The maximum absolute atomic E-state index is 5.60. The molecule has 0 N–H and O–H groups in total. The van der Waals surface area contributed by atoms with E-state index < -0.39 is 0 Å². The van der Waals surface area contributed by atoms with Crippen LogP contribution < -0.4 is 4.74 Å². The fraction of sp³-hybridized carbons (Fsp3) is 0.500. The average Bonchev–Trinajstić information content (AvgIpc) is 2.21. The summed E-state index contributed by atoms with van der Waals surface area (Å²) < 4.78 is 5.60. The zero-order valence-corrected chi connectivity index (χ0v) is 9.77. The molecule has 0 saturated heterocycles. The normalized spacial score (nSPS) is 10.1. The highest BCUT2D eigenvalue weighted by Gasteiger charge is 1.92. The molecule has 0 aliphatic carbocycles.